The van der Waals surface area contributed by atoms with Crippen molar-refractivity contribution in [1.29, 1.82) is 0 Å². The fourth-order valence-electron chi connectivity index (χ4n) is 2.97. The maximum atomic E-state index is 12.0. The van der Waals surface area contributed by atoms with Gasteiger partial charge in [-0.05, 0) is 50.3 Å². The Labute approximate surface area is 125 Å². The molecule has 2 rings (SSSR count). The molecule has 0 bridgehead atoms. The van der Waals surface area contributed by atoms with Crippen LogP contribution in [0.2, 0.25) is 0 Å². The summed E-state index contributed by atoms with van der Waals surface area (Å²) in [5.41, 5.74) is 1.64. The first-order valence-corrected chi connectivity index (χ1v) is 7.61. The van der Waals surface area contributed by atoms with Gasteiger partial charge in [-0.1, -0.05) is 18.6 Å². The van der Waals surface area contributed by atoms with Gasteiger partial charge in [0.25, 0.3) is 0 Å². The lowest BCUT2D eigenvalue weighted by molar-refractivity contribution is -0.148. The van der Waals surface area contributed by atoms with Gasteiger partial charge in [0.1, 0.15) is 0 Å². The molecule has 1 aliphatic carbocycles. The van der Waals surface area contributed by atoms with Crippen molar-refractivity contribution in [2.24, 2.45) is 5.92 Å². The van der Waals surface area contributed by atoms with Crippen LogP contribution in [0.5, 0.6) is 0 Å². The number of carbonyl (C=O) groups is 2. The molecule has 1 fully saturated rings. The zero-order chi connectivity index (χ0) is 15.2. The molecule has 1 aromatic carbocycles. The lowest BCUT2D eigenvalue weighted by atomic mass is 9.88. The Kier molecular flexibility index (Phi) is 5.37. The minimum absolute atomic E-state index is 0.0570. The summed E-state index contributed by atoms with van der Waals surface area (Å²) in [5.74, 6) is -0.273. The van der Waals surface area contributed by atoms with Crippen LogP contribution >= 0.6 is 0 Å². The maximum Gasteiger partial charge on any atom is 0.338 e. The van der Waals surface area contributed by atoms with Gasteiger partial charge in [-0.15, -0.1) is 0 Å². The predicted octanol–water partition coefficient (Wildman–Crippen LogP) is 3.31. The molecular formula is C17H22O4. The van der Waals surface area contributed by atoms with Crippen LogP contribution in [-0.2, 0) is 14.3 Å². The number of ether oxygens (including phenoxy) is 2. The lowest BCUT2D eigenvalue weighted by Crippen LogP contribution is -2.20. The first-order valence-electron chi connectivity index (χ1n) is 7.61. The van der Waals surface area contributed by atoms with Crippen molar-refractivity contribution in [2.45, 2.75) is 39.0 Å². The van der Waals surface area contributed by atoms with Crippen LogP contribution in [0.4, 0.5) is 0 Å². The molecule has 4 heteroatoms. The monoisotopic (exact) mass is 290 g/mol. The molecule has 4 nitrogen and oxygen atoms in total. The zero-order valence-electron chi connectivity index (χ0n) is 12.6. The summed E-state index contributed by atoms with van der Waals surface area (Å²) in [4.78, 5) is 23.6. The van der Waals surface area contributed by atoms with Crippen LogP contribution in [0.25, 0.3) is 0 Å². The van der Waals surface area contributed by atoms with E-state index in [1.54, 1.807) is 19.1 Å². The van der Waals surface area contributed by atoms with E-state index in [4.69, 9.17) is 9.47 Å². The van der Waals surface area contributed by atoms with Crippen molar-refractivity contribution in [1.82, 2.24) is 0 Å². The maximum absolute atomic E-state index is 12.0. The average molecular weight is 290 g/mol. The predicted molar refractivity (Wildman–Crippen MR) is 79.1 cm³/mol. The highest BCUT2D eigenvalue weighted by Crippen LogP contribution is 2.40. The van der Waals surface area contributed by atoms with Crippen molar-refractivity contribution >= 4 is 11.9 Å². The Hall–Kier alpha value is -1.84. The normalized spacial score (nSPS) is 21.0. The van der Waals surface area contributed by atoms with Crippen LogP contribution < -0.4 is 0 Å². The number of rotatable bonds is 5. The van der Waals surface area contributed by atoms with E-state index < -0.39 is 0 Å². The largest absolute Gasteiger partial charge is 0.466 e. The van der Waals surface area contributed by atoms with E-state index in [1.807, 2.05) is 19.1 Å². The van der Waals surface area contributed by atoms with E-state index >= 15 is 0 Å². The summed E-state index contributed by atoms with van der Waals surface area (Å²) in [6, 6.07) is 7.39. The van der Waals surface area contributed by atoms with Crippen LogP contribution in [0.3, 0.4) is 0 Å². The van der Waals surface area contributed by atoms with Crippen LogP contribution in [0.15, 0.2) is 24.3 Å². The Morgan fingerprint density at radius 2 is 1.71 bits per heavy atom. The topological polar surface area (TPSA) is 52.6 Å². The highest BCUT2D eigenvalue weighted by atomic mass is 16.5. The zero-order valence-corrected chi connectivity index (χ0v) is 12.6. The molecule has 0 saturated heterocycles. The smallest absolute Gasteiger partial charge is 0.338 e. The molecule has 2 unspecified atom stereocenters. The molecule has 1 aliphatic rings. The summed E-state index contributed by atoms with van der Waals surface area (Å²) in [5, 5.41) is 0. The second-order valence-corrected chi connectivity index (χ2v) is 5.24. The molecular weight excluding hydrogens is 268 g/mol. The molecule has 0 N–H and O–H groups in total. The summed E-state index contributed by atoms with van der Waals surface area (Å²) < 4.78 is 10.1. The van der Waals surface area contributed by atoms with Crippen molar-refractivity contribution in [3.8, 4) is 0 Å². The van der Waals surface area contributed by atoms with Crippen LogP contribution in [0.1, 0.15) is 54.9 Å². The molecule has 0 heterocycles. The number of benzene rings is 1. The summed E-state index contributed by atoms with van der Waals surface area (Å²) in [6.07, 6.45) is 2.90. The summed E-state index contributed by atoms with van der Waals surface area (Å²) >= 11 is 0. The molecule has 1 aromatic rings. The Morgan fingerprint density at radius 3 is 2.33 bits per heavy atom. The standard InChI is InChI=1S/C17H22O4/c1-3-20-16(18)13-10-8-12(9-11-13)14-6-5-7-15(14)17(19)21-4-2/h8-11,14-15H,3-7H2,1-2H3. The van der Waals surface area contributed by atoms with Gasteiger partial charge in [0.2, 0.25) is 0 Å². The third-order valence-corrected chi connectivity index (χ3v) is 3.96. The first-order chi connectivity index (χ1) is 10.2. The van der Waals surface area contributed by atoms with Crippen molar-refractivity contribution in [3.05, 3.63) is 35.4 Å². The van der Waals surface area contributed by atoms with Gasteiger partial charge in [0.05, 0.1) is 24.7 Å². The second-order valence-electron chi connectivity index (χ2n) is 5.24. The molecule has 0 aromatic heterocycles. The molecule has 114 valence electrons. The van der Waals surface area contributed by atoms with Crippen LogP contribution in [0, 0.1) is 5.92 Å². The Morgan fingerprint density at radius 1 is 1.05 bits per heavy atom. The number of hydrogen-bond donors (Lipinski definition) is 0. The highest BCUT2D eigenvalue weighted by Gasteiger charge is 2.34. The summed E-state index contributed by atoms with van der Waals surface area (Å²) in [6.45, 7) is 4.41. The highest BCUT2D eigenvalue weighted by molar-refractivity contribution is 5.89. The molecule has 0 spiro atoms. The molecule has 0 aliphatic heterocycles. The number of hydrogen-bond acceptors (Lipinski definition) is 4. The van der Waals surface area contributed by atoms with Gasteiger partial charge < -0.3 is 9.47 Å². The van der Waals surface area contributed by atoms with E-state index in [9.17, 15) is 9.59 Å². The minimum atomic E-state index is -0.308. The van der Waals surface area contributed by atoms with Gasteiger partial charge in [0, 0.05) is 0 Å². The van der Waals surface area contributed by atoms with Crippen LogP contribution in [-0.4, -0.2) is 25.2 Å². The molecule has 0 amide bonds. The third-order valence-electron chi connectivity index (χ3n) is 3.96. The quantitative estimate of drug-likeness (QED) is 0.781. The third kappa shape index (κ3) is 3.63. The molecule has 21 heavy (non-hydrogen) atoms. The van der Waals surface area contributed by atoms with Gasteiger partial charge >= 0.3 is 11.9 Å². The van der Waals surface area contributed by atoms with E-state index in [-0.39, 0.29) is 23.8 Å². The van der Waals surface area contributed by atoms with E-state index in [0.29, 0.717) is 18.8 Å². The van der Waals surface area contributed by atoms with E-state index in [0.717, 1.165) is 24.8 Å². The van der Waals surface area contributed by atoms with Crippen molar-refractivity contribution < 1.29 is 19.1 Å². The second kappa shape index (κ2) is 7.25. The number of carbonyl (C=O) groups excluding carboxylic acids is 2. The SMILES string of the molecule is CCOC(=O)c1ccc(C2CCCC2C(=O)OCC)cc1. The lowest BCUT2D eigenvalue weighted by Gasteiger charge is -2.18. The molecule has 1 saturated carbocycles. The van der Waals surface area contributed by atoms with Gasteiger partial charge in [-0.2, -0.15) is 0 Å². The molecule has 0 radical (unpaired) electrons. The van der Waals surface area contributed by atoms with E-state index in [2.05, 4.69) is 0 Å². The first kappa shape index (κ1) is 15.5. The fourth-order valence-corrected chi connectivity index (χ4v) is 2.97. The summed E-state index contributed by atoms with van der Waals surface area (Å²) in [7, 11) is 0. The van der Waals surface area contributed by atoms with Gasteiger partial charge in [-0.3, -0.25) is 4.79 Å². The van der Waals surface area contributed by atoms with E-state index in [1.165, 1.54) is 0 Å². The fraction of sp³-hybridized carbons (Fsp3) is 0.529. The van der Waals surface area contributed by atoms with Crippen molar-refractivity contribution in [3.63, 3.8) is 0 Å². The Balaban J connectivity index is 2.10. The minimum Gasteiger partial charge on any atom is -0.466 e. The average Bonchev–Trinajstić information content (AvgIpc) is 2.97. The van der Waals surface area contributed by atoms with Gasteiger partial charge in [-0.25, -0.2) is 4.79 Å². The number of esters is 2. The Bertz CT molecular complexity index is 492. The van der Waals surface area contributed by atoms with Crippen molar-refractivity contribution in [2.75, 3.05) is 13.2 Å². The molecule has 2 atom stereocenters. The van der Waals surface area contributed by atoms with Gasteiger partial charge in [0.15, 0.2) is 0 Å².